The van der Waals surface area contributed by atoms with Crippen LogP contribution in [0.2, 0.25) is 6.32 Å². The smallest absolute Gasteiger partial charge is 0.321 e. The molecule has 0 radical (unpaired) electrons. The molecular weight excluding hydrogens is 197 g/mol. The molecular formula is C9H18BNO4. The fourth-order valence-corrected chi connectivity index (χ4v) is 2.13. The Hall–Kier alpha value is -0.585. The summed E-state index contributed by atoms with van der Waals surface area (Å²) in [5, 5.41) is 20.6. The molecule has 0 bridgehead atoms. The number of carboxylic acids is 1. The van der Waals surface area contributed by atoms with Crippen LogP contribution in [0.15, 0.2) is 0 Å². The first-order chi connectivity index (χ1) is 7.20. The van der Waals surface area contributed by atoms with Gasteiger partial charge in [-0.05, 0) is 6.42 Å². The zero-order valence-corrected chi connectivity index (χ0v) is 8.98. The van der Waals surface area contributed by atoms with Gasteiger partial charge in [0.1, 0.15) is 6.04 Å². The minimum Gasteiger partial charge on any atom is -0.480 e. The molecule has 0 aliphatic carbocycles. The highest BCUT2D eigenvalue weighted by Gasteiger charge is 2.39. The van der Waals surface area contributed by atoms with Crippen LogP contribution in [0.5, 0.6) is 0 Å². The third kappa shape index (κ3) is 3.19. The molecule has 5 nitrogen and oxygen atoms in total. The average Bonchev–Trinajstić information content (AvgIpc) is 2.61. The van der Waals surface area contributed by atoms with Gasteiger partial charge in [0.2, 0.25) is 0 Å². The van der Waals surface area contributed by atoms with E-state index in [1.807, 2.05) is 0 Å². The Labute approximate surface area is 90.1 Å². The van der Waals surface area contributed by atoms with Gasteiger partial charge in [0.05, 0.1) is 6.10 Å². The number of carboxylic acid groups (broad SMARTS) is 1. The topological polar surface area (TPSA) is 78.8 Å². The Balaban J connectivity index is 2.48. The molecule has 0 aromatic carbocycles. The molecule has 1 aliphatic heterocycles. The maximum Gasteiger partial charge on any atom is 0.321 e. The predicted octanol–water partition coefficient (Wildman–Crippen LogP) is -0.784. The summed E-state index contributed by atoms with van der Waals surface area (Å²) in [7, 11) is 1.77. The molecule has 1 rings (SSSR count). The van der Waals surface area contributed by atoms with Gasteiger partial charge in [-0.3, -0.25) is 4.79 Å². The predicted molar refractivity (Wildman–Crippen MR) is 57.1 cm³/mol. The van der Waals surface area contributed by atoms with E-state index in [1.54, 1.807) is 7.11 Å². The van der Waals surface area contributed by atoms with Crippen molar-refractivity contribution in [2.75, 3.05) is 13.7 Å². The van der Waals surface area contributed by atoms with E-state index in [4.69, 9.17) is 14.9 Å². The summed E-state index contributed by atoms with van der Waals surface area (Å²) in [6.45, 7) is 0.595. The van der Waals surface area contributed by atoms with E-state index in [-0.39, 0.29) is 19.5 Å². The van der Waals surface area contributed by atoms with Crippen LogP contribution in [0.1, 0.15) is 12.8 Å². The molecule has 6 heteroatoms. The van der Waals surface area contributed by atoms with E-state index < -0.39 is 12.0 Å². The first-order valence-corrected chi connectivity index (χ1v) is 5.30. The normalized spacial score (nSPS) is 30.4. The molecule has 0 aromatic rings. The maximum atomic E-state index is 10.9. The highest BCUT2D eigenvalue weighted by Crippen LogP contribution is 2.24. The van der Waals surface area contributed by atoms with Gasteiger partial charge < -0.3 is 20.2 Å². The van der Waals surface area contributed by atoms with Gasteiger partial charge in [-0.2, -0.15) is 0 Å². The minimum absolute atomic E-state index is 0.0130. The third-order valence-corrected chi connectivity index (χ3v) is 2.96. The van der Waals surface area contributed by atoms with Crippen LogP contribution >= 0.6 is 0 Å². The monoisotopic (exact) mass is 215 g/mol. The quantitative estimate of drug-likeness (QED) is 0.400. The lowest BCUT2D eigenvalue weighted by atomic mass is 9.86. The molecule has 0 saturated carbocycles. The summed E-state index contributed by atoms with van der Waals surface area (Å²) in [5.74, 6) is -0.803. The largest absolute Gasteiger partial charge is 0.480 e. The molecule has 15 heavy (non-hydrogen) atoms. The zero-order chi connectivity index (χ0) is 11.3. The molecule has 1 fully saturated rings. The van der Waals surface area contributed by atoms with Crippen LogP contribution in [-0.4, -0.2) is 49.4 Å². The first kappa shape index (κ1) is 12.5. The maximum absolute atomic E-state index is 10.9. The van der Waals surface area contributed by atoms with Crippen LogP contribution in [-0.2, 0) is 9.53 Å². The molecule has 3 unspecified atom stereocenters. The minimum atomic E-state index is -0.816. The molecule has 0 aromatic heterocycles. The molecule has 0 spiro atoms. The van der Waals surface area contributed by atoms with Gasteiger partial charge in [-0.15, -0.1) is 0 Å². The van der Waals surface area contributed by atoms with Crippen LogP contribution < -0.4 is 5.32 Å². The number of methoxy groups -OCH3 is 1. The highest BCUT2D eigenvalue weighted by atomic mass is 16.5. The lowest BCUT2D eigenvalue weighted by molar-refractivity contribution is -0.140. The van der Waals surface area contributed by atoms with E-state index in [2.05, 4.69) is 5.32 Å². The molecule has 0 amide bonds. The van der Waals surface area contributed by atoms with Gasteiger partial charge in [-0.1, -0.05) is 12.7 Å². The Morgan fingerprint density at radius 2 is 2.40 bits per heavy atom. The fraction of sp³-hybridized carbons (Fsp3) is 0.889. The summed E-state index contributed by atoms with van der Waals surface area (Å²) < 4.78 is 5.25. The van der Waals surface area contributed by atoms with Gasteiger partial charge in [-0.25, -0.2) is 0 Å². The second-order valence-electron chi connectivity index (χ2n) is 3.88. The number of ether oxygens (including phenoxy) is 1. The van der Waals surface area contributed by atoms with E-state index in [1.165, 1.54) is 0 Å². The third-order valence-electron chi connectivity index (χ3n) is 2.96. The van der Waals surface area contributed by atoms with Gasteiger partial charge in [0.15, 0.2) is 0 Å². The zero-order valence-electron chi connectivity index (χ0n) is 8.98. The lowest BCUT2D eigenvalue weighted by Gasteiger charge is -2.20. The number of carbonyl (C=O) groups is 1. The van der Waals surface area contributed by atoms with Crippen molar-refractivity contribution in [3.8, 4) is 0 Å². The van der Waals surface area contributed by atoms with Crippen molar-refractivity contribution in [3.63, 3.8) is 0 Å². The van der Waals surface area contributed by atoms with Crippen molar-refractivity contribution >= 4 is 13.5 Å². The number of hydrogen-bond acceptors (Lipinski definition) is 4. The Bertz CT molecular complexity index is 214. The molecule has 1 aliphatic rings. The van der Waals surface area contributed by atoms with Crippen molar-refractivity contribution < 1.29 is 19.7 Å². The van der Waals surface area contributed by atoms with E-state index in [0.29, 0.717) is 6.54 Å². The standard InChI is InChI=1S/C9H18BNO4/c1-15-7-5-11-8(9(12)13)6(7)3-2-4-10-14/h6-8,10-11,14H,2-5H2,1H3,(H,12,13). The van der Waals surface area contributed by atoms with Crippen molar-refractivity contribution in [1.82, 2.24) is 5.32 Å². The second-order valence-corrected chi connectivity index (χ2v) is 3.88. The Morgan fingerprint density at radius 1 is 1.67 bits per heavy atom. The summed E-state index contributed by atoms with van der Waals surface area (Å²) in [6.07, 6.45) is 2.32. The van der Waals surface area contributed by atoms with Gasteiger partial charge in [0.25, 0.3) is 7.48 Å². The van der Waals surface area contributed by atoms with E-state index >= 15 is 0 Å². The molecule has 1 heterocycles. The van der Waals surface area contributed by atoms with Crippen LogP contribution in [0.4, 0.5) is 0 Å². The SMILES string of the molecule is COC1CNC(C(=O)O)C1CCCBO. The number of hydrogen-bond donors (Lipinski definition) is 3. The molecule has 86 valence electrons. The summed E-state index contributed by atoms with van der Waals surface area (Å²) in [6, 6.07) is -0.506. The molecule has 3 N–H and O–H groups in total. The van der Waals surface area contributed by atoms with Crippen LogP contribution in [0, 0.1) is 5.92 Å². The first-order valence-electron chi connectivity index (χ1n) is 5.30. The summed E-state index contributed by atoms with van der Waals surface area (Å²) >= 11 is 0. The Kier molecular flexibility index (Phi) is 5.07. The van der Waals surface area contributed by atoms with Gasteiger partial charge >= 0.3 is 5.97 Å². The summed E-state index contributed by atoms with van der Waals surface area (Å²) in [4.78, 5) is 10.9. The average molecular weight is 215 g/mol. The van der Waals surface area contributed by atoms with Crippen molar-refractivity contribution in [1.29, 1.82) is 0 Å². The van der Waals surface area contributed by atoms with E-state index in [0.717, 1.165) is 19.2 Å². The van der Waals surface area contributed by atoms with Crippen molar-refractivity contribution in [2.45, 2.75) is 31.3 Å². The fourth-order valence-electron chi connectivity index (χ4n) is 2.13. The highest BCUT2D eigenvalue weighted by molar-refractivity contribution is 6.25. The van der Waals surface area contributed by atoms with Crippen LogP contribution in [0.3, 0.4) is 0 Å². The number of rotatable bonds is 6. The van der Waals surface area contributed by atoms with Crippen molar-refractivity contribution in [2.24, 2.45) is 5.92 Å². The molecule has 3 atom stereocenters. The van der Waals surface area contributed by atoms with Crippen LogP contribution in [0.25, 0.3) is 0 Å². The summed E-state index contributed by atoms with van der Waals surface area (Å²) in [5.41, 5.74) is 0. The van der Waals surface area contributed by atoms with Crippen molar-refractivity contribution in [3.05, 3.63) is 0 Å². The number of nitrogens with one attached hydrogen (secondary N) is 1. The second kappa shape index (κ2) is 6.10. The van der Waals surface area contributed by atoms with E-state index in [9.17, 15) is 4.79 Å². The Morgan fingerprint density at radius 3 is 2.93 bits per heavy atom. The van der Waals surface area contributed by atoms with Gasteiger partial charge in [0, 0.05) is 19.6 Å². The number of aliphatic carboxylic acids is 1. The lowest BCUT2D eigenvalue weighted by Crippen LogP contribution is -2.36. The molecule has 1 saturated heterocycles.